The van der Waals surface area contributed by atoms with Crippen LogP contribution in [0.25, 0.3) is 0 Å². The summed E-state index contributed by atoms with van der Waals surface area (Å²) in [5.41, 5.74) is 5.65. The summed E-state index contributed by atoms with van der Waals surface area (Å²) in [5, 5.41) is 5.83. The van der Waals surface area contributed by atoms with Crippen LogP contribution >= 0.6 is 0 Å². The maximum atomic E-state index is 12.9. The average Bonchev–Trinajstić information content (AvgIpc) is 3.21. The highest BCUT2D eigenvalue weighted by Gasteiger charge is 2.25. The first-order chi connectivity index (χ1) is 14.7. The fourth-order valence-corrected chi connectivity index (χ4v) is 3.78. The first-order valence-electron chi connectivity index (χ1n) is 10.3. The van der Waals surface area contributed by atoms with E-state index in [4.69, 9.17) is 0 Å². The highest BCUT2D eigenvalue weighted by atomic mass is 16.2. The van der Waals surface area contributed by atoms with Crippen molar-refractivity contribution in [2.24, 2.45) is 0 Å². The van der Waals surface area contributed by atoms with E-state index in [0.717, 1.165) is 40.9 Å². The summed E-state index contributed by atoms with van der Waals surface area (Å²) in [6.07, 6.45) is 1.70. The Balaban J connectivity index is 1.43. The van der Waals surface area contributed by atoms with E-state index in [-0.39, 0.29) is 11.9 Å². The quantitative estimate of drug-likeness (QED) is 0.649. The highest BCUT2D eigenvalue weighted by molar-refractivity contribution is 6.07. The van der Waals surface area contributed by atoms with Gasteiger partial charge in [0.25, 0.3) is 5.91 Å². The zero-order chi connectivity index (χ0) is 20.9. The molecule has 0 radical (unpaired) electrons. The number of urea groups is 1. The van der Waals surface area contributed by atoms with Crippen molar-refractivity contribution in [3.8, 4) is 0 Å². The minimum Gasteiger partial charge on any atom is -0.334 e. The molecule has 152 valence electrons. The molecule has 3 amide bonds. The van der Waals surface area contributed by atoms with Crippen molar-refractivity contribution < 1.29 is 9.59 Å². The van der Waals surface area contributed by atoms with Gasteiger partial charge in [-0.3, -0.25) is 4.79 Å². The summed E-state index contributed by atoms with van der Waals surface area (Å²) in [6.45, 7) is 3.13. The molecule has 4 rings (SSSR count). The summed E-state index contributed by atoms with van der Waals surface area (Å²) in [6, 6.07) is 22.9. The molecular weight excluding hydrogens is 374 g/mol. The fraction of sp³-hybridized carbons (Fsp3) is 0.200. The Morgan fingerprint density at radius 2 is 1.73 bits per heavy atom. The van der Waals surface area contributed by atoms with Gasteiger partial charge < -0.3 is 15.5 Å². The smallest absolute Gasteiger partial charge is 0.319 e. The Morgan fingerprint density at radius 1 is 0.967 bits per heavy atom. The van der Waals surface area contributed by atoms with E-state index in [9.17, 15) is 9.59 Å². The van der Waals surface area contributed by atoms with Gasteiger partial charge in [-0.25, -0.2) is 4.79 Å². The Morgan fingerprint density at radius 3 is 2.53 bits per heavy atom. The monoisotopic (exact) mass is 399 g/mol. The number of para-hydroxylation sites is 1. The van der Waals surface area contributed by atoms with Crippen LogP contribution in [0.15, 0.2) is 72.8 Å². The number of hydrogen-bond donors (Lipinski definition) is 2. The Bertz CT molecular complexity index is 1060. The van der Waals surface area contributed by atoms with E-state index < -0.39 is 0 Å². The molecule has 0 fully saturated rings. The number of benzene rings is 3. The summed E-state index contributed by atoms with van der Waals surface area (Å²) in [5.74, 6) is 0.00775. The van der Waals surface area contributed by atoms with Crippen LogP contribution in [0.4, 0.5) is 16.2 Å². The number of amides is 3. The summed E-state index contributed by atoms with van der Waals surface area (Å²) < 4.78 is 0. The van der Waals surface area contributed by atoms with Gasteiger partial charge in [-0.2, -0.15) is 0 Å². The van der Waals surface area contributed by atoms with Crippen LogP contribution in [0.5, 0.6) is 0 Å². The molecule has 0 aliphatic carbocycles. The molecule has 0 bridgehead atoms. The molecule has 2 N–H and O–H groups in total. The van der Waals surface area contributed by atoms with Crippen molar-refractivity contribution in [1.29, 1.82) is 0 Å². The van der Waals surface area contributed by atoms with E-state index in [1.54, 1.807) is 0 Å². The van der Waals surface area contributed by atoms with E-state index >= 15 is 0 Å². The normalized spacial score (nSPS) is 12.4. The topological polar surface area (TPSA) is 61.4 Å². The molecule has 30 heavy (non-hydrogen) atoms. The zero-order valence-electron chi connectivity index (χ0n) is 17.0. The molecule has 0 atom stereocenters. The van der Waals surface area contributed by atoms with E-state index in [1.165, 1.54) is 0 Å². The third-order valence-corrected chi connectivity index (χ3v) is 5.41. The van der Waals surface area contributed by atoms with Crippen molar-refractivity contribution in [1.82, 2.24) is 5.32 Å². The van der Waals surface area contributed by atoms with Crippen molar-refractivity contribution in [3.05, 3.63) is 95.1 Å². The van der Waals surface area contributed by atoms with Gasteiger partial charge in [0.1, 0.15) is 0 Å². The molecular formula is C25H25N3O2. The van der Waals surface area contributed by atoms with Crippen LogP contribution in [0.3, 0.4) is 0 Å². The highest BCUT2D eigenvalue weighted by Crippen LogP contribution is 2.30. The Labute approximate surface area is 176 Å². The Kier molecular flexibility index (Phi) is 5.80. The average molecular weight is 399 g/mol. The minimum atomic E-state index is -0.242. The number of nitrogens with one attached hydrogen (secondary N) is 2. The number of carbonyl (C=O) groups is 2. The van der Waals surface area contributed by atoms with Crippen molar-refractivity contribution in [2.75, 3.05) is 16.8 Å². The van der Waals surface area contributed by atoms with Gasteiger partial charge in [0.2, 0.25) is 0 Å². The summed E-state index contributed by atoms with van der Waals surface area (Å²) >= 11 is 0. The van der Waals surface area contributed by atoms with Crippen molar-refractivity contribution in [3.63, 3.8) is 0 Å². The lowest BCUT2D eigenvalue weighted by Gasteiger charge is -2.18. The van der Waals surface area contributed by atoms with Crippen molar-refractivity contribution in [2.45, 2.75) is 26.3 Å². The predicted octanol–water partition coefficient (Wildman–Crippen LogP) is 4.77. The molecule has 1 heterocycles. The lowest BCUT2D eigenvalue weighted by atomic mass is 10.1. The van der Waals surface area contributed by atoms with Gasteiger partial charge >= 0.3 is 6.03 Å². The molecule has 1 aliphatic heterocycles. The van der Waals surface area contributed by atoms with Gasteiger partial charge in [-0.15, -0.1) is 0 Å². The lowest BCUT2D eigenvalue weighted by Crippen LogP contribution is -2.30. The summed E-state index contributed by atoms with van der Waals surface area (Å²) in [4.78, 5) is 27.1. The van der Waals surface area contributed by atoms with Gasteiger partial charge in [0.05, 0.1) is 0 Å². The van der Waals surface area contributed by atoms with Crippen LogP contribution < -0.4 is 15.5 Å². The minimum absolute atomic E-state index is 0.00775. The zero-order valence-corrected chi connectivity index (χ0v) is 17.0. The number of hydrogen-bond acceptors (Lipinski definition) is 2. The van der Waals surface area contributed by atoms with E-state index in [2.05, 4.69) is 23.6 Å². The fourth-order valence-electron chi connectivity index (χ4n) is 3.78. The third-order valence-electron chi connectivity index (χ3n) is 5.41. The number of nitrogens with zero attached hydrogens (tertiary/aromatic N) is 1. The lowest BCUT2D eigenvalue weighted by molar-refractivity contribution is 0.0989. The number of fused-ring (bicyclic) bond motifs is 1. The first-order valence-corrected chi connectivity index (χ1v) is 10.3. The molecule has 3 aromatic rings. The van der Waals surface area contributed by atoms with Crippen LogP contribution in [0.1, 0.15) is 34.0 Å². The molecule has 0 unspecified atom stereocenters. The number of rotatable bonds is 5. The molecule has 5 heteroatoms. The van der Waals surface area contributed by atoms with Crippen LogP contribution in [-0.4, -0.2) is 18.5 Å². The molecule has 5 nitrogen and oxygen atoms in total. The van der Waals surface area contributed by atoms with Crippen LogP contribution in [0, 0.1) is 0 Å². The molecule has 0 spiro atoms. The first kappa shape index (κ1) is 19.7. The molecule has 0 aromatic heterocycles. The second kappa shape index (κ2) is 8.82. The summed E-state index contributed by atoms with van der Waals surface area (Å²) in [7, 11) is 0. The number of aryl methyl sites for hydroxylation is 1. The van der Waals surface area contributed by atoms with Gasteiger partial charge in [0, 0.05) is 30.0 Å². The third kappa shape index (κ3) is 4.20. The van der Waals surface area contributed by atoms with E-state index in [1.807, 2.05) is 71.6 Å². The number of anilines is 2. The molecule has 0 saturated carbocycles. The number of carbonyl (C=O) groups excluding carboxylic acids is 2. The maximum Gasteiger partial charge on any atom is 0.319 e. The molecule has 3 aromatic carbocycles. The SMILES string of the molecule is CCc1ccccc1NC(=O)NCc1ccc2c(c1)N(C(=O)c1ccccc1)CC2. The second-order valence-corrected chi connectivity index (χ2v) is 7.35. The van der Waals surface area contributed by atoms with Crippen molar-refractivity contribution >= 4 is 23.3 Å². The van der Waals surface area contributed by atoms with E-state index in [0.29, 0.717) is 18.7 Å². The standard InChI is InChI=1S/C25H25N3O2/c1-2-19-8-6-7-11-22(19)27-25(30)26-17-18-12-13-20-14-15-28(23(20)16-18)24(29)21-9-4-3-5-10-21/h3-13,16H,2,14-15,17H2,1H3,(H2,26,27,30). The van der Waals surface area contributed by atoms with Gasteiger partial charge in [0.15, 0.2) is 0 Å². The van der Waals surface area contributed by atoms with Crippen LogP contribution in [0.2, 0.25) is 0 Å². The van der Waals surface area contributed by atoms with Crippen LogP contribution in [-0.2, 0) is 19.4 Å². The maximum absolute atomic E-state index is 12.9. The second-order valence-electron chi connectivity index (χ2n) is 7.35. The van der Waals surface area contributed by atoms with Gasteiger partial charge in [-0.05, 0) is 53.8 Å². The Hall–Kier alpha value is -3.60. The molecule has 0 saturated heterocycles. The van der Waals surface area contributed by atoms with Gasteiger partial charge in [-0.1, -0.05) is 55.5 Å². The largest absolute Gasteiger partial charge is 0.334 e. The molecule has 1 aliphatic rings. The predicted molar refractivity (Wildman–Crippen MR) is 120 cm³/mol.